The topological polar surface area (TPSA) is 75.4 Å². The molecule has 3 rings (SSSR count). The third-order valence-electron chi connectivity index (χ3n) is 4.79. The maximum absolute atomic E-state index is 12.3. The summed E-state index contributed by atoms with van der Waals surface area (Å²) in [4.78, 5) is 26.9. The van der Waals surface area contributed by atoms with Gasteiger partial charge in [-0.15, -0.1) is 11.8 Å². The number of carbonyl (C=O) groups excluding carboxylic acids is 2. The third kappa shape index (κ3) is 6.36. The number of nitrogens with one attached hydrogen (secondary N) is 1. The maximum Gasteiger partial charge on any atom is 0.234 e. The molecular weight excluding hydrogens is 438 g/mol. The van der Waals surface area contributed by atoms with E-state index in [2.05, 4.69) is 32.2 Å². The molecule has 28 heavy (non-hydrogen) atoms. The number of piperidine rings is 1. The highest BCUT2D eigenvalue weighted by Gasteiger charge is 2.22. The largest absolute Gasteiger partial charge is 0.369 e. The van der Waals surface area contributed by atoms with Gasteiger partial charge in [0.2, 0.25) is 11.8 Å². The van der Waals surface area contributed by atoms with E-state index in [9.17, 15) is 9.59 Å². The van der Waals surface area contributed by atoms with Crippen molar-refractivity contribution in [2.45, 2.75) is 24.3 Å². The Morgan fingerprint density at radius 2 is 1.86 bits per heavy atom. The van der Waals surface area contributed by atoms with Crippen molar-refractivity contribution in [2.24, 2.45) is 11.7 Å². The van der Waals surface area contributed by atoms with Gasteiger partial charge < -0.3 is 11.1 Å². The van der Waals surface area contributed by atoms with E-state index in [1.807, 2.05) is 42.5 Å². The van der Waals surface area contributed by atoms with Gasteiger partial charge in [-0.1, -0.05) is 28.1 Å². The Balaban J connectivity index is 1.48. The minimum absolute atomic E-state index is 0.00472. The molecule has 148 valence electrons. The number of rotatable bonds is 7. The predicted octanol–water partition coefficient (Wildman–Crippen LogP) is 3.88. The zero-order chi connectivity index (χ0) is 19.9. The van der Waals surface area contributed by atoms with Gasteiger partial charge in [0, 0.05) is 27.5 Å². The van der Waals surface area contributed by atoms with E-state index >= 15 is 0 Å². The summed E-state index contributed by atoms with van der Waals surface area (Å²) in [6.07, 6.45) is 1.64. The van der Waals surface area contributed by atoms with Crippen LogP contribution >= 0.6 is 27.7 Å². The van der Waals surface area contributed by atoms with Crippen molar-refractivity contribution in [3.63, 3.8) is 0 Å². The first-order valence-electron chi connectivity index (χ1n) is 9.28. The van der Waals surface area contributed by atoms with Crippen LogP contribution in [0, 0.1) is 5.92 Å². The Morgan fingerprint density at radius 3 is 2.54 bits per heavy atom. The minimum atomic E-state index is -0.189. The molecule has 1 saturated heterocycles. The fraction of sp³-hybridized carbons (Fsp3) is 0.333. The van der Waals surface area contributed by atoms with Crippen LogP contribution in [0.4, 0.5) is 5.69 Å². The van der Waals surface area contributed by atoms with Crippen LogP contribution in [0.5, 0.6) is 0 Å². The second-order valence-electron chi connectivity index (χ2n) is 6.94. The molecule has 1 aliphatic rings. The summed E-state index contributed by atoms with van der Waals surface area (Å²) in [6.45, 7) is 2.55. The molecule has 2 aromatic rings. The molecule has 7 heteroatoms. The first-order chi connectivity index (χ1) is 13.5. The number of hydrogen-bond acceptors (Lipinski definition) is 4. The minimum Gasteiger partial charge on any atom is -0.369 e. The van der Waals surface area contributed by atoms with Crippen LogP contribution in [0.25, 0.3) is 0 Å². The SMILES string of the molecule is NC(=O)C1CCN(Cc2cccc(NC(=O)CSc3ccc(Br)cc3)c2)CC1. The van der Waals surface area contributed by atoms with E-state index in [-0.39, 0.29) is 17.7 Å². The highest BCUT2D eigenvalue weighted by atomic mass is 79.9. The number of anilines is 1. The van der Waals surface area contributed by atoms with Gasteiger partial charge >= 0.3 is 0 Å². The number of thioether (sulfide) groups is 1. The van der Waals surface area contributed by atoms with Crippen LogP contribution in [-0.4, -0.2) is 35.6 Å². The number of carbonyl (C=O) groups is 2. The Hall–Kier alpha value is -1.83. The number of hydrogen-bond donors (Lipinski definition) is 2. The van der Waals surface area contributed by atoms with E-state index in [1.54, 1.807) is 0 Å². The highest BCUT2D eigenvalue weighted by molar-refractivity contribution is 9.10. The number of halogens is 1. The van der Waals surface area contributed by atoms with Gasteiger partial charge in [-0.05, 0) is 67.9 Å². The predicted molar refractivity (Wildman–Crippen MR) is 117 cm³/mol. The number of amides is 2. The fourth-order valence-electron chi connectivity index (χ4n) is 3.26. The number of nitrogens with zero attached hydrogens (tertiary/aromatic N) is 1. The van der Waals surface area contributed by atoms with Gasteiger partial charge in [0.25, 0.3) is 0 Å². The van der Waals surface area contributed by atoms with Crippen molar-refractivity contribution in [3.05, 3.63) is 58.6 Å². The molecule has 0 saturated carbocycles. The molecule has 0 aliphatic carbocycles. The molecule has 2 aromatic carbocycles. The molecule has 0 atom stereocenters. The van der Waals surface area contributed by atoms with E-state index in [1.165, 1.54) is 11.8 Å². The Labute approximate surface area is 178 Å². The third-order valence-corrected chi connectivity index (χ3v) is 6.33. The number of nitrogens with two attached hydrogens (primary N) is 1. The average molecular weight is 462 g/mol. The number of likely N-dealkylation sites (tertiary alicyclic amines) is 1. The van der Waals surface area contributed by atoms with Crippen LogP contribution in [0.15, 0.2) is 57.9 Å². The molecule has 0 aromatic heterocycles. The van der Waals surface area contributed by atoms with Crippen molar-refractivity contribution in [1.82, 2.24) is 4.90 Å². The monoisotopic (exact) mass is 461 g/mol. The van der Waals surface area contributed by atoms with E-state index in [4.69, 9.17) is 5.73 Å². The van der Waals surface area contributed by atoms with Crippen molar-refractivity contribution in [3.8, 4) is 0 Å². The second-order valence-corrected chi connectivity index (χ2v) is 8.91. The molecule has 1 fully saturated rings. The van der Waals surface area contributed by atoms with Crippen LogP contribution in [0.3, 0.4) is 0 Å². The molecule has 0 bridgehead atoms. The molecule has 0 spiro atoms. The quantitative estimate of drug-likeness (QED) is 0.613. The molecule has 1 heterocycles. The lowest BCUT2D eigenvalue weighted by molar-refractivity contribution is -0.123. The molecule has 0 unspecified atom stereocenters. The number of primary amides is 1. The average Bonchev–Trinajstić information content (AvgIpc) is 2.68. The van der Waals surface area contributed by atoms with Crippen molar-refractivity contribution in [1.29, 1.82) is 0 Å². The van der Waals surface area contributed by atoms with E-state index in [0.29, 0.717) is 5.75 Å². The first-order valence-corrected chi connectivity index (χ1v) is 11.1. The van der Waals surface area contributed by atoms with Crippen molar-refractivity contribution < 1.29 is 9.59 Å². The first kappa shape index (κ1) is 20.9. The summed E-state index contributed by atoms with van der Waals surface area (Å²) in [7, 11) is 0. The zero-order valence-corrected chi connectivity index (χ0v) is 18.0. The Kier molecular flexibility index (Phi) is 7.53. The van der Waals surface area contributed by atoms with Crippen LogP contribution < -0.4 is 11.1 Å². The van der Waals surface area contributed by atoms with Gasteiger partial charge in [0.05, 0.1) is 5.75 Å². The summed E-state index contributed by atoms with van der Waals surface area (Å²) >= 11 is 4.92. The zero-order valence-electron chi connectivity index (χ0n) is 15.6. The van der Waals surface area contributed by atoms with Crippen molar-refractivity contribution >= 4 is 45.2 Å². The van der Waals surface area contributed by atoms with Gasteiger partial charge in [0.15, 0.2) is 0 Å². The Bertz CT molecular complexity index is 821. The van der Waals surface area contributed by atoms with Crippen molar-refractivity contribution in [2.75, 3.05) is 24.2 Å². The standard InChI is InChI=1S/C21H24BrN3O2S/c22-17-4-6-19(7-5-17)28-14-20(26)24-18-3-1-2-15(12-18)13-25-10-8-16(9-11-25)21(23)27/h1-7,12,16H,8-11,13-14H2,(H2,23,27)(H,24,26). The van der Waals surface area contributed by atoms with Gasteiger partial charge in [-0.25, -0.2) is 0 Å². The second kappa shape index (κ2) is 10.1. The lowest BCUT2D eigenvalue weighted by atomic mass is 9.96. The molecular formula is C21H24BrN3O2S. The molecule has 5 nitrogen and oxygen atoms in total. The smallest absolute Gasteiger partial charge is 0.234 e. The van der Waals surface area contributed by atoms with Gasteiger partial charge in [-0.2, -0.15) is 0 Å². The summed E-state index contributed by atoms with van der Waals surface area (Å²) < 4.78 is 1.02. The fourth-order valence-corrected chi connectivity index (χ4v) is 4.22. The number of benzene rings is 2. The molecule has 3 N–H and O–H groups in total. The van der Waals surface area contributed by atoms with Crippen LogP contribution in [-0.2, 0) is 16.1 Å². The maximum atomic E-state index is 12.3. The summed E-state index contributed by atoms with van der Waals surface area (Å²) in [6, 6.07) is 15.9. The van der Waals surface area contributed by atoms with Gasteiger partial charge in [-0.3, -0.25) is 14.5 Å². The molecule has 2 amide bonds. The normalized spacial score (nSPS) is 15.3. The van der Waals surface area contributed by atoms with E-state index < -0.39 is 0 Å². The highest BCUT2D eigenvalue weighted by Crippen LogP contribution is 2.22. The lowest BCUT2D eigenvalue weighted by Gasteiger charge is -2.30. The van der Waals surface area contributed by atoms with Gasteiger partial charge in [0.1, 0.15) is 0 Å². The van der Waals surface area contributed by atoms with E-state index in [0.717, 1.165) is 53.1 Å². The summed E-state index contributed by atoms with van der Waals surface area (Å²) in [5, 5.41) is 2.97. The van der Waals surface area contributed by atoms with Crippen LogP contribution in [0.1, 0.15) is 18.4 Å². The Morgan fingerprint density at radius 1 is 1.14 bits per heavy atom. The molecule has 1 aliphatic heterocycles. The van der Waals surface area contributed by atoms with Crippen LogP contribution in [0.2, 0.25) is 0 Å². The lowest BCUT2D eigenvalue weighted by Crippen LogP contribution is -2.38. The summed E-state index contributed by atoms with van der Waals surface area (Å²) in [5.74, 6) is 0.162. The summed E-state index contributed by atoms with van der Waals surface area (Å²) in [5.41, 5.74) is 7.36. The molecule has 0 radical (unpaired) electrons.